The lowest BCUT2D eigenvalue weighted by Gasteiger charge is -2.31. The Morgan fingerprint density at radius 2 is 2.00 bits per heavy atom. The number of rotatable bonds is 6. The maximum absolute atomic E-state index is 13.5. The molecule has 1 atom stereocenters. The van der Waals surface area contributed by atoms with E-state index in [-0.39, 0.29) is 35.6 Å². The quantitative estimate of drug-likeness (QED) is 0.226. The van der Waals surface area contributed by atoms with E-state index in [4.69, 9.17) is 14.5 Å². The molecule has 0 aliphatic carbocycles. The molecule has 0 unspecified atom stereocenters. The van der Waals surface area contributed by atoms with Gasteiger partial charge >= 0.3 is 5.97 Å². The van der Waals surface area contributed by atoms with Gasteiger partial charge in [0.1, 0.15) is 19.0 Å². The molecule has 1 aromatic carbocycles. The molecule has 0 fully saturated rings. The number of pyridine rings is 3. The van der Waals surface area contributed by atoms with Gasteiger partial charge in [-0.15, -0.1) is 0 Å². The van der Waals surface area contributed by atoms with Gasteiger partial charge in [-0.1, -0.05) is 13.8 Å². The molecule has 0 spiro atoms. The van der Waals surface area contributed by atoms with Crippen LogP contribution >= 0.6 is 0 Å². The van der Waals surface area contributed by atoms with Crippen molar-refractivity contribution in [2.75, 3.05) is 6.61 Å². The zero-order chi connectivity index (χ0) is 26.6. The van der Waals surface area contributed by atoms with Crippen molar-refractivity contribution in [1.29, 1.82) is 0 Å². The number of esters is 1. The number of aromatic nitrogens is 3. The second kappa shape index (κ2) is 10.2. The Labute approximate surface area is 236 Å². The van der Waals surface area contributed by atoms with Crippen LogP contribution in [-0.2, 0) is 41.2 Å². The molecule has 0 bridgehead atoms. The van der Waals surface area contributed by atoms with E-state index < -0.39 is 11.6 Å². The van der Waals surface area contributed by atoms with E-state index in [0.29, 0.717) is 30.0 Å². The van der Waals surface area contributed by atoms with Gasteiger partial charge in [-0.3, -0.25) is 4.79 Å². The van der Waals surface area contributed by atoms with Gasteiger partial charge < -0.3 is 36.1 Å². The molecule has 1 N–H and O–H groups in total. The molecular weight excluding hydrogens is 562 g/mol. The van der Waals surface area contributed by atoms with E-state index in [1.165, 1.54) is 5.56 Å². The highest BCUT2D eigenvalue weighted by Gasteiger charge is 2.45. The van der Waals surface area contributed by atoms with Crippen LogP contribution in [-0.4, -0.2) is 27.2 Å². The summed E-state index contributed by atoms with van der Waals surface area (Å²) in [7, 11) is 0. The van der Waals surface area contributed by atoms with Crippen molar-refractivity contribution in [1.82, 2.24) is 9.55 Å². The Morgan fingerprint density at radius 3 is 2.74 bits per heavy atom. The van der Waals surface area contributed by atoms with E-state index in [1.54, 1.807) is 17.6 Å². The third-order valence-electron chi connectivity index (χ3n) is 7.76. The Bertz CT molecular complexity index is 1680. The van der Waals surface area contributed by atoms with Gasteiger partial charge in [0.25, 0.3) is 5.56 Å². The van der Waals surface area contributed by atoms with E-state index in [9.17, 15) is 14.7 Å². The van der Waals surface area contributed by atoms with Gasteiger partial charge in [-0.25, -0.2) is 14.3 Å². The van der Waals surface area contributed by atoms with Crippen molar-refractivity contribution in [3.05, 3.63) is 87.0 Å². The number of carbonyl (C=O) groups is 1. The molecule has 2 aliphatic rings. The van der Waals surface area contributed by atoms with Crippen LogP contribution in [0.5, 0.6) is 5.75 Å². The van der Waals surface area contributed by atoms with Gasteiger partial charge in [-0.05, 0) is 55.7 Å². The van der Waals surface area contributed by atoms with Crippen molar-refractivity contribution in [2.24, 2.45) is 0 Å². The van der Waals surface area contributed by atoms with Gasteiger partial charge in [0.05, 0.1) is 29.0 Å². The molecule has 6 rings (SSSR count). The number of benzene rings is 1. The molecule has 9 heteroatoms. The SMILES string of the molecule is CCc1c2c(nc3ccc(OCC[n+]4cccc(C)c4)cc13)-c1cc3c(c(=O)n1C2)COC(=O)[C@]3(O)CC.[Br-]. The zero-order valence-corrected chi connectivity index (χ0v) is 23.7. The van der Waals surface area contributed by atoms with Crippen LogP contribution in [0, 0.1) is 6.92 Å². The Hall–Kier alpha value is -3.56. The fraction of sp³-hybridized carbons (Fsp3) is 0.333. The minimum absolute atomic E-state index is 0. The molecule has 0 saturated carbocycles. The highest BCUT2D eigenvalue weighted by Crippen LogP contribution is 2.40. The molecule has 0 radical (unpaired) electrons. The molecule has 4 aromatic rings. The maximum atomic E-state index is 13.5. The Balaban J connectivity index is 0.00000308. The number of nitrogens with zero attached hydrogens (tertiary/aromatic N) is 3. The van der Waals surface area contributed by atoms with E-state index in [0.717, 1.165) is 46.4 Å². The van der Waals surface area contributed by atoms with Gasteiger partial charge in [0, 0.05) is 28.1 Å². The number of carbonyl (C=O) groups excluding carboxylic acids is 1. The topological polar surface area (TPSA) is 94.5 Å². The molecule has 0 saturated heterocycles. The van der Waals surface area contributed by atoms with E-state index in [1.807, 2.05) is 30.5 Å². The monoisotopic (exact) mass is 591 g/mol. The number of aryl methyl sites for hydroxylation is 2. The van der Waals surface area contributed by atoms with Crippen LogP contribution in [0.25, 0.3) is 22.3 Å². The molecule has 2 aliphatic heterocycles. The van der Waals surface area contributed by atoms with Crippen molar-refractivity contribution in [3.8, 4) is 17.1 Å². The summed E-state index contributed by atoms with van der Waals surface area (Å²) in [5.74, 6) is 0.0538. The highest BCUT2D eigenvalue weighted by atomic mass is 79.9. The Morgan fingerprint density at radius 1 is 1.18 bits per heavy atom. The molecule has 202 valence electrons. The first kappa shape index (κ1) is 27.0. The first-order valence-electron chi connectivity index (χ1n) is 13.0. The summed E-state index contributed by atoms with van der Waals surface area (Å²) < 4.78 is 15.1. The predicted octanol–water partition coefficient (Wildman–Crippen LogP) is 0.321. The van der Waals surface area contributed by atoms with E-state index >= 15 is 0 Å². The number of fused-ring (bicyclic) bond motifs is 5. The first-order valence-corrected chi connectivity index (χ1v) is 13.0. The zero-order valence-electron chi connectivity index (χ0n) is 22.2. The van der Waals surface area contributed by atoms with Crippen LogP contribution in [0.3, 0.4) is 0 Å². The summed E-state index contributed by atoms with van der Waals surface area (Å²) in [6, 6.07) is 11.7. The van der Waals surface area contributed by atoms with Gasteiger partial charge in [-0.2, -0.15) is 0 Å². The second-order valence-corrected chi connectivity index (χ2v) is 10.0. The molecular formula is C30H30BrN3O5. The second-order valence-electron chi connectivity index (χ2n) is 10.0. The fourth-order valence-electron chi connectivity index (χ4n) is 5.70. The third kappa shape index (κ3) is 4.33. The highest BCUT2D eigenvalue weighted by molar-refractivity contribution is 5.90. The number of hydrogen-bond acceptors (Lipinski definition) is 6. The third-order valence-corrected chi connectivity index (χ3v) is 7.76. The number of hydrogen-bond donors (Lipinski definition) is 1. The van der Waals surface area contributed by atoms with Crippen LogP contribution in [0.4, 0.5) is 0 Å². The smallest absolute Gasteiger partial charge is 0.343 e. The van der Waals surface area contributed by atoms with Gasteiger partial charge in [0.2, 0.25) is 0 Å². The molecule has 8 nitrogen and oxygen atoms in total. The Kier molecular flexibility index (Phi) is 7.07. The lowest BCUT2D eigenvalue weighted by molar-refractivity contribution is -0.697. The van der Waals surface area contributed by atoms with E-state index in [2.05, 4.69) is 30.7 Å². The number of aliphatic hydroxyl groups is 1. The minimum atomic E-state index is -1.83. The number of cyclic esters (lactones) is 1. The van der Waals surface area contributed by atoms with Crippen LogP contribution < -0.4 is 31.8 Å². The average molecular weight is 592 g/mol. The standard InChI is InChI=1S/C30H30N3O5.BrH/c1-4-20-21-13-19(37-12-11-32-10-6-7-18(3)15-32)8-9-25(21)31-27-22(20)16-33-26(27)14-24-23(28(33)34)17-38-29(35)30(24,36)5-2;/h6-10,13-15,36H,4-5,11-12,16-17H2,1-3H3;1H/q+1;/p-1/t30-;/m0./s1. The molecule has 3 aromatic heterocycles. The number of ether oxygens (including phenoxy) is 2. The minimum Gasteiger partial charge on any atom is -1.00 e. The normalized spacial score (nSPS) is 17.2. The van der Waals surface area contributed by atoms with Crippen LogP contribution in [0.2, 0.25) is 0 Å². The van der Waals surface area contributed by atoms with Crippen LogP contribution in [0.1, 0.15) is 48.1 Å². The van der Waals surface area contributed by atoms with Gasteiger partial charge in [0.15, 0.2) is 24.5 Å². The maximum Gasteiger partial charge on any atom is 0.343 e. The summed E-state index contributed by atoms with van der Waals surface area (Å²) in [5.41, 5.74) is 4.02. The summed E-state index contributed by atoms with van der Waals surface area (Å²) in [5, 5.41) is 12.1. The first-order chi connectivity index (χ1) is 18.3. The van der Waals surface area contributed by atoms with Crippen molar-refractivity contribution in [3.63, 3.8) is 0 Å². The number of halogens is 1. The van der Waals surface area contributed by atoms with Crippen molar-refractivity contribution >= 4 is 16.9 Å². The summed E-state index contributed by atoms with van der Waals surface area (Å²) >= 11 is 0. The lowest BCUT2D eigenvalue weighted by Crippen LogP contribution is -3.00. The predicted molar refractivity (Wildman–Crippen MR) is 141 cm³/mol. The average Bonchev–Trinajstić information content (AvgIpc) is 3.28. The largest absolute Gasteiger partial charge is 1.00 e. The van der Waals surface area contributed by atoms with Crippen molar-refractivity contribution in [2.45, 2.75) is 58.9 Å². The molecule has 39 heavy (non-hydrogen) atoms. The molecule has 0 amide bonds. The van der Waals surface area contributed by atoms with Crippen LogP contribution in [0.15, 0.2) is 53.6 Å². The summed E-state index contributed by atoms with van der Waals surface area (Å²) in [6.45, 7) is 7.39. The summed E-state index contributed by atoms with van der Waals surface area (Å²) in [4.78, 5) is 30.9. The fourth-order valence-corrected chi connectivity index (χ4v) is 5.70. The van der Waals surface area contributed by atoms with Crippen molar-refractivity contribution < 1.29 is 40.9 Å². The summed E-state index contributed by atoms with van der Waals surface area (Å²) in [6.07, 6.45) is 4.99. The molecule has 5 heterocycles. The lowest BCUT2D eigenvalue weighted by atomic mass is 9.86.